The number of thioether (sulfide) groups is 1. The number of hydrogen-bond acceptors (Lipinski definition) is 4. The molecule has 3 N–H and O–H groups in total. The van der Waals surface area contributed by atoms with Crippen LogP contribution in [0.15, 0.2) is 16.5 Å². The fourth-order valence-electron chi connectivity index (χ4n) is 1.07. The van der Waals surface area contributed by atoms with E-state index in [0.29, 0.717) is 6.42 Å². The second kappa shape index (κ2) is 5.82. The monoisotopic (exact) mass is 229 g/mol. The Morgan fingerprint density at radius 3 is 2.93 bits per heavy atom. The molecule has 1 aromatic heterocycles. The molecule has 0 saturated heterocycles. The Morgan fingerprint density at radius 2 is 2.40 bits per heavy atom. The van der Waals surface area contributed by atoms with Crippen LogP contribution < -0.4 is 5.73 Å². The number of carboxylic acids is 1. The SMILES string of the molecule is Cc1ccc(CSCCC(N)C(=O)O)o1. The number of carbonyl (C=O) groups is 1. The van der Waals surface area contributed by atoms with Crippen LogP contribution in [-0.2, 0) is 10.5 Å². The van der Waals surface area contributed by atoms with Crippen LogP contribution in [0, 0.1) is 6.92 Å². The number of aryl methyl sites for hydroxylation is 1. The molecule has 15 heavy (non-hydrogen) atoms. The molecule has 4 nitrogen and oxygen atoms in total. The van der Waals surface area contributed by atoms with Crippen LogP contribution in [0.25, 0.3) is 0 Å². The fourth-order valence-corrected chi connectivity index (χ4v) is 1.99. The minimum Gasteiger partial charge on any atom is -0.480 e. The predicted octanol–water partition coefficient (Wildman–Crippen LogP) is 1.62. The average molecular weight is 229 g/mol. The van der Waals surface area contributed by atoms with Crippen molar-refractivity contribution < 1.29 is 14.3 Å². The summed E-state index contributed by atoms with van der Waals surface area (Å²) in [6.07, 6.45) is 0.486. The molecule has 1 aromatic rings. The van der Waals surface area contributed by atoms with Crippen LogP contribution in [0.5, 0.6) is 0 Å². The van der Waals surface area contributed by atoms with E-state index in [1.807, 2.05) is 19.1 Å². The maximum absolute atomic E-state index is 10.4. The highest BCUT2D eigenvalue weighted by Crippen LogP contribution is 2.15. The maximum atomic E-state index is 10.4. The molecule has 1 heterocycles. The lowest BCUT2D eigenvalue weighted by atomic mass is 10.2. The number of aliphatic carboxylic acids is 1. The molecule has 1 atom stereocenters. The van der Waals surface area contributed by atoms with Crippen LogP contribution in [-0.4, -0.2) is 22.9 Å². The van der Waals surface area contributed by atoms with E-state index in [1.165, 1.54) is 0 Å². The van der Waals surface area contributed by atoms with E-state index in [2.05, 4.69) is 0 Å². The Labute approximate surface area is 92.8 Å². The fraction of sp³-hybridized carbons (Fsp3) is 0.500. The molecule has 0 fully saturated rings. The van der Waals surface area contributed by atoms with E-state index in [0.717, 1.165) is 23.0 Å². The Kier molecular flexibility index (Phi) is 4.71. The zero-order valence-electron chi connectivity index (χ0n) is 8.60. The van der Waals surface area contributed by atoms with Gasteiger partial charge in [-0.05, 0) is 31.2 Å². The third-order valence-electron chi connectivity index (χ3n) is 1.93. The molecule has 84 valence electrons. The number of carboxylic acid groups (broad SMARTS) is 1. The second-order valence-corrected chi connectivity index (χ2v) is 4.40. The zero-order chi connectivity index (χ0) is 11.3. The largest absolute Gasteiger partial charge is 0.480 e. The summed E-state index contributed by atoms with van der Waals surface area (Å²) in [6, 6.07) is 3.09. The molecule has 0 radical (unpaired) electrons. The molecule has 0 spiro atoms. The van der Waals surface area contributed by atoms with Gasteiger partial charge in [0.15, 0.2) is 0 Å². The van der Waals surface area contributed by atoms with Crippen LogP contribution in [0.1, 0.15) is 17.9 Å². The van der Waals surface area contributed by atoms with Crippen molar-refractivity contribution in [1.29, 1.82) is 0 Å². The molecule has 1 rings (SSSR count). The lowest BCUT2D eigenvalue weighted by molar-refractivity contribution is -0.138. The summed E-state index contributed by atoms with van der Waals surface area (Å²) in [7, 11) is 0. The minimum atomic E-state index is -0.940. The highest BCUT2D eigenvalue weighted by molar-refractivity contribution is 7.98. The van der Waals surface area contributed by atoms with Gasteiger partial charge in [-0.2, -0.15) is 11.8 Å². The zero-order valence-corrected chi connectivity index (χ0v) is 9.42. The third-order valence-corrected chi connectivity index (χ3v) is 2.94. The summed E-state index contributed by atoms with van der Waals surface area (Å²) >= 11 is 1.63. The van der Waals surface area contributed by atoms with Crippen molar-refractivity contribution in [2.45, 2.75) is 25.1 Å². The van der Waals surface area contributed by atoms with E-state index in [1.54, 1.807) is 11.8 Å². The van der Waals surface area contributed by atoms with Crippen LogP contribution in [0.2, 0.25) is 0 Å². The number of furan rings is 1. The molecule has 0 saturated carbocycles. The van der Waals surface area contributed by atoms with Crippen molar-refractivity contribution in [3.8, 4) is 0 Å². The molecule has 0 aliphatic heterocycles. The van der Waals surface area contributed by atoms with Crippen LogP contribution >= 0.6 is 11.8 Å². The van der Waals surface area contributed by atoms with Crippen molar-refractivity contribution in [2.75, 3.05) is 5.75 Å². The van der Waals surface area contributed by atoms with Crippen molar-refractivity contribution >= 4 is 17.7 Å². The van der Waals surface area contributed by atoms with Gasteiger partial charge in [-0.3, -0.25) is 4.79 Å². The lowest BCUT2D eigenvalue weighted by Gasteiger charge is -2.04. The molecule has 5 heteroatoms. The van der Waals surface area contributed by atoms with Gasteiger partial charge in [0.2, 0.25) is 0 Å². The first-order valence-corrected chi connectivity index (χ1v) is 5.86. The van der Waals surface area contributed by atoms with Crippen molar-refractivity contribution in [3.05, 3.63) is 23.7 Å². The summed E-state index contributed by atoms with van der Waals surface area (Å²) < 4.78 is 5.37. The van der Waals surface area contributed by atoms with Crippen LogP contribution in [0.4, 0.5) is 0 Å². The summed E-state index contributed by atoms with van der Waals surface area (Å²) in [5.41, 5.74) is 5.36. The van der Waals surface area contributed by atoms with Crippen molar-refractivity contribution in [3.63, 3.8) is 0 Å². The molecule has 0 aliphatic carbocycles. The van der Waals surface area contributed by atoms with Gasteiger partial charge < -0.3 is 15.3 Å². The number of rotatable bonds is 6. The van der Waals surface area contributed by atoms with E-state index in [-0.39, 0.29) is 0 Å². The van der Waals surface area contributed by atoms with Crippen molar-refractivity contribution in [2.24, 2.45) is 5.73 Å². The van der Waals surface area contributed by atoms with E-state index in [9.17, 15) is 4.79 Å². The lowest BCUT2D eigenvalue weighted by Crippen LogP contribution is -2.30. The van der Waals surface area contributed by atoms with Crippen LogP contribution in [0.3, 0.4) is 0 Å². The maximum Gasteiger partial charge on any atom is 0.320 e. The first-order valence-electron chi connectivity index (χ1n) is 4.71. The minimum absolute atomic E-state index is 0.486. The Bertz CT molecular complexity index is 324. The highest BCUT2D eigenvalue weighted by Gasteiger charge is 2.10. The van der Waals surface area contributed by atoms with E-state index in [4.69, 9.17) is 15.3 Å². The normalized spacial score (nSPS) is 12.7. The molecule has 1 unspecified atom stereocenters. The van der Waals surface area contributed by atoms with Gasteiger partial charge in [0.25, 0.3) is 0 Å². The first kappa shape index (κ1) is 12.1. The van der Waals surface area contributed by atoms with Gasteiger partial charge in [0, 0.05) is 0 Å². The van der Waals surface area contributed by atoms with E-state index >= 15 is 0 Å². The Balaban J connectivity index is 2.14. The van der Waals surface area contributed by atoms with Gasteiger partial charge in [0.1, 0.15) is 17.6 Å². The average Bonchev–Trinajstić information content (AvgIpc) is 2.58. The van der Waals surface area contributed by atoms with Crippen molar-refractivity contribution in [1.82, 2.24) is 0 Å². The highest BCUT2D eigenvalue weighted by atomic mass is 32.2. The summed E-state index contributed by atoms with van der Waals surface area (Å²) in [4.78, 5) is 10.4. The van der Waals surface area contributed by atoms with Gasteiger partial charge in [-0.15, -0.1) is 0 Å². The standard InChI is InChI=1S/C10H15NO3S/c1-7-2-3-8(14-7)6-15-5-4-9(11)10(12)13/h2-3,9H,4-6,11H2,1H3,(H,12,13). The molecule has 0 amide bonds. The first-order chi connectivity index (χ1) is 7.09. The Hall–Kier alpha value is -0.940. The summed E-state index contributed by atoms with van der Waals surface area (Å²) in [5.74, 6) is 2.37. The van der Waals surface area contributed by atoms with E-state index < -0.39 is 12.0 Å². The smallest absolute Gasteiger partial charge is 0.320 e. The number of hydrogen-bond donors (Lipinski definition) is 2. The van der Waals surface area contributed by atoms with Gasteiger partial charge in [-0.1, -0.05) is 0 Å². The number of nitrogens with two attached hydrogens (primary N) is 1. The summed E-state index contributed by atoms with van der Waals surface area (Å²) in [5, 5.41) is 8.55. The molecular weight excluding hydrogens is 214 g/mol. The quantitative estimate of drug-likeness (QED) is 0.725. The van der Waals surface area contributed by atoms with Gasteiger partial charge in [-0.25, -0.2) is 0 Å². The topological polar surface area (TPSA) is 76.5 Å². The van der Waals surface area contributed by atoms with Gasteiger partial charge >= 0.3 is 5.97 Å². The molecule has 0 aliphatic rings. The second-order valence-electron chi connectivity index (χ2n) is 3.30. The Morgan fingerprint density at radius 1 is 1.67 bits per heavy atom. The predicted molar refractivity (Wildman–Crippen MR) is 59.8 cm³/mol. The third kappa shape index (κ3) is 4.40. The summed E-state index contributed by atoms with van der Waals surface area (Å²) in [6.45, 7) is 1.90. The molecule has 0 aromatic carbocycles. The molecule has 0 bridgehead atoms. The van der Waals surface area contributed by atoms with Gasteiger partial charge in [0.05, 0.1) is 5.75 Å². The molecular formula is C10H15NO3S.